The fourth-order valence-corrected chi connectivity index (χ4v) is 2.45. The molecule has 0 atom stereocenters. The Bertz CT molecular complexity index is 837. The molecule has 122 valence electrons. The van der Waals surface area contributed by atoms with Crippen molar-refractivity contribution in [3.63, 3.8) is 0 Å². The van der Waals surface area contributed by atoms with Gasteiger partial charge in [-0.25, -0.2) is 4.68 Å². The van der Waals surface area contributed by atoms with E-state index in [9.17, 15) is 4.79 Å². The molecule has 0 bridgehead atoms. The van der Waals surface area contributed by atoms with E-state index in [-0.39, 0.29) is 5.91 Å². The van der Waals surface area contributed by atoms with Crippen LogP contribution in [0, 0.1) is 6.92 Å². The highest BCUT2D eigenvalue weighted by Crippen LogP contribution is 2.15. The van der Waals surface area contributed by atoms with Crippen LogP contribution in [0.15, 0.2) is 60.9 Å². The number of amides is 1. The van der Waals surface area contributed by atoms with Gasteiger partial charge in [0.25, 0.3) is 5.91 Å². The number of aromatic nitrogens is 2. The Labute approximate surface area is 141 Å². The first-order chi connectivity index (χ1) is 11.7. The fourth-order valence-electron chi connectivity index (χ4n) is 2.45. The predicted molar refractivity (Wildman–Crippen MR) is 93.8 cm³/mol. The lowest BCUT2D eigenvalue weighted by molar-refractivity contribution is 0.0951. The van der Waals surface area contributed by atoms with Crippen LogP contribution in [0.2, 0.25) is 0 Å². The number of nitrogens with one attached hydrogen (secondary N) is 1. The van der Waals surface area contributed by atoms with Crippen molar-refractivity contribution in [3.05, 3.63) is 83.2 Å². The van der Waals surface area contributed by atoms with Gasteiger partial charge in [-0.3, -0.25) is 4.79 Å². The molecule has 0 unspecified atom stereocenters. The zero-order chi connectivity index (χ0) is 16.9. The van der Waals surface area contributed by atoms with Crippen LogP contribution < -0.4 is 11.1 Å². The molecule has 5 nitrogen and oxygen atoms in total. The largest absolute Gasteiger partial charge is 0.348 e. The van der Waals surface area contributed by atoms with Gasteiger partial charge in [0.1, 0.15) is 0 Å². The summed E-state index contributed by atoms with van der Waals surface area (Å²) in [4.78, 5) is 12.6. The SMILES string of the molecule is Cc1ccc(CNC(=O)c2ccccc2-n2cc(CN)cn2)cc1. The van der Waals surface area contributed by atoms with E-state index in [1.54, 1.807) is 16.9 Å². The van der Waals surface area contributed by atoms with E-state index >= 15 is 0 Å². The summed E-state index contributed by atoms with van der Waals surface area (Å²) < 4.78 is 1.68. The Balaban J connectivity index is 1.78. The molecule has 0 fully saturated rings. The molecular formula is C19H20N4O. The Morgan fingerprint density at radius 2 is 1.88 bits per heavy atom. The molecule has 0 spiro atoms. The summed E-state index contributed by atoms with van der Waals surface area (Å²) in [7, 11) is 0. The van der Waals surface area contributed by atoms with Crippen molar-refractivity contribution in [2.75, 3.05) is 0 Å². The van der Waals surface area contributed by atoms with Crippen LogP contribution in [0.25, 0.3) is 5.69 Å². The van der Waals surface area contributed by atoms with Gasteiger partial charge in [-0.2, -0.15) is 5.10 Å². The Hall–Kier alpha value is -2.92. The normalized spacial score (nSPS) is 10.6. The van der Waals surface area contributed by atoms with E-state index in [1.165, 1.54) is 5.56 Å². The smallest absolute Gasteiger partial charge is 0.253 e. The Morgan fingerprint density at radius 1 is 1.12 bits per heavy atom. The number of carbonyl (C=O) groups is 1. The summed E-state index contributed by atoms with van der Waals surface area (Å²) in [6.07, 6.45) is 3.55. The average molecular weight is 320 g/mol. The highest BCUT2D eigenvalue weighted by molar-refractivity contribution is 5.97. The third-order valence-electron chi connectivity index (χ3n) is 3.84. The maximum absolute atomic E-state index is 12.6. The van der Waals surface area contributed by atoms with E-state index in [0.717, 1.165) is 16.8 Å². The van der Waals surface area contributed by atoms with E-state index in [1.807, 2.05) is 55.6 Å². The van der Waals surface area contributed by atoms with Crippen molar-refractivity contribution >= 4 is 5.91 Å². The van der Waals surface area contributed by atoms with Crippen molar-refractivity contribution in [2.45, 2.75) is 20.0 Å². The van der Waals surface area contributed by atoms with Crippen LogP contribution in [0.5, 0.6) is 0 Å². The van der Waals surface area contributed by atoms with Crippen molar-refractivity contribution in [1.29, 1.82) is 0 Å². The number of benzene rings is 2. The molecule has 0 radical (unpaired) electrons. The quantitative estimate of drug-likeness (QED) is 0.759. The van der Waals surface area contributed by atoms with Crippen molar-refractivity contribution in [1.82, 2.24) is 15.1 Å². The summed E-state index contributed by atoms with van der Waals surface area (Å²) >= 11 is 0. The summed E-state index contributed by atoms with van der Waals surface area (Å²) in [5.74, 6) is -0.129. The predicted octanol–water partition coefficient (Wildman–Crippen LogP) is 2.57. The lowest BCUT2D eigenvalue weighted by Crippen LogP contribution is -2.24. The molecule has 3 N–H and O–H groups in total. The standard InChI is InChI=1S/C19H20N4O/c1-14-6-8-15(9-7-14)11-21-19(24)17-4-2-3-5-18(17)23-13-16(10-20)12-22-23/h2-9,12-13H,10-11,20H2,1H3,(H,21,24). The lowest BCUT2D eigenvalue weighted by Gasteiger charge is -2.10. The first kappa shape index (κ1) is 16.0. The van der Waals surface area contributed by atoms with E-state index in [4.69, 9.17) is 5.73 Å². The third-order valence-corrected chi connectivity index (χ3v) is 3.84. The zero-order valence-electron chi connectivity index (χ0n) is 13.6. The zero-order valence-corrected chi connectivity index (χ0v) is 13.6. The molecule has 3 rings (SSSR count). The molecule has 1 amide bonds. The number of hydrogen-bond donors (Lipinski definition) is 2. The van der Waals surface area contributed by atoms with Crippen LogP contribution in [0.1, 0.15) is 27.0 Å². The molecule has 0 aliphatic heterocycles. The molecule has 2 aromatic carbocycles. The number of para-hydroxylation sites is 1. The molecule has 0 saturated heterocycles. The van der Waals surface area contributed by atoms with E-state index in [0.29, 0.717) is 18.7 Å². The lowest BCUT2D eigenvalue weighted by atomic mass is 10.1. The summed E-state index contributed by atoms with van der Waals surface area (Å²) in [6.45, 7) is 2.95. The number of nitrogens with zero attached hydrogens (tertiary/aromatic N) is 2. The van der Waals surface area contributed by atoms with E-state index in [2.05, 4.69) is 10.4 Å². The molecule has 3 aromatic rings. The van der Waals surface area contributed by atoms with Gasteiger partial charge in [0.05, 0.1) is 17.4 Å². The summed E-state index contributed by atoms with van der Waals surface area (Å²) in [5.41, 5.74) is 10.1. The number of nitrogens with two attached hydrogens (primary N) is 1. The van der Waals surface area contributed by atoms with Gasteiger partial charge in [-0.15, -0.1) is 0 Å². The van der Waals surface area contributed by atoms with Gasteiger partial charge in [0, 0.05) is 24.8 Å². The van der Waals surface area contributed by atoms with Crippen LogP contribution in [-0.4, -0.2) is 15.7 Å². The minimum Gasteiger partial charge on any atom is -0.348 e. The van der Waals surface area contributed by atoms with Gasteiger partial charge in [-0.1, -0.05) is 42.0 Å². The first-order valence-electron chi connectivity index (χ1n) is 7.84. The highest BCUT2D eigenvalue weighted by Gasteiger charge is 2.13. The second kappa shape index (κ2) is 7.10. The Kier molecular flexibility index (Phi) is 4.72. The van der Waals surface area contributed by atoms with Gasteiger partial charge in [0.2, 0.25) is 0 Å². The van der Waals surface area contributed by atoms with Gasteiger partial charge >= 0.3 is 0 Å². The maximum atomic E-state index is 12.6. The molecule has 1 heterocycles. The van der Waals surface area contributed by atoms with Crippen LogP contribution in [-0.2, 0) is 13.1 Å². The molecule has 0 aliphatic rings. The first-order valence-corrected chi connectivity index (χ1v) is 7.84. The van der Waals surface area contributed by atoms with Crippen molar-refractivity contribution in [3.8, 4) is 5.69 Å². The van der Waals surface area contributed by atoms with Crippen LogP contribution >= 0.6 is 0 Å². The third kappa shape index (κ3) is 3.52. The second-order valence-electron chi connectivity index (χ2n) is 5.68. The second-order valence-corrected chi connectivity index (χ2v) is 5.68. The molecule has 1 aromatic heterocycles. The van der Waals surface area contributed by atoms with E-state index < -0.39 is 0 Å². The highest BCUT2D eigenvalue weighted by atomic mass is 16.1. The average Bonchev–Trinajstić information content (AvgIpc) is 3.10. The molecular weight excluding hydrogens is 300 g/mol. The fraction of sp³-hybridized carbons (Fsp3) is 0.158. The Morgan fingerprint density at radius 3 is 2.58 bits per heavy atom. The maximum Gasteiger partial charge on any atom is 0.253 e. The number of aryl methyl sites for hydroxylation is 1. The van der Waals surface area contributed by atoms with Gasteiger partial charge < -0.3 is 11.1 Å². The topological polar surface area (TPSA) is 72.9 Å². The van der Waals surface area contributed by atoms with Crippen molar-refractivity contribution < 1.29 is 4.79 Å². The summed E-state index contributed by atoms with van der Waals surface area (Å²) in [5, 5.41) is 7.25. The minimum absolute atomic E-state index is 0.129. The number of hydrogen-bond acceptors (Lipinski definition) is 3. The van der Waals surface area contributed by atoms with Crippen LogP contribution in [0.4, 0.5) is 0 Å². The molecule has 0 aliphatic carbocycles. The van der Waals surface area contributed by atoms with Gasteiger partial charge in [-0.05, 0) is 24.6 Å². The molecule has 0 saturated carbocycles. The van der Waals surface area contributed by atoms with Crippen LogP contribution in [0.3, 0.4) is 0 Å². The molecule has 24 heavy (non-hydrogen) atoms. The number of carbonyl (C=O) groups excluding carboxylic acids is 1. The monoisotopic (exact) mass is 320 g/mol. The molecule has 5 heteroatoms. The minimum atomic E-state index is -0.129. The summed E-state index contributed by atoms with van der Waals surface area (Å²) in [6, 6.07) is 15.5. The van der Waals surface area contributed by atoms with Crippen molar-refractivity contribution in [2.24, 2.45) is 5.73 Å². The number of rotatable bonds is 5. The van der Waals surface area contributed by atoms with Gasteiger partial charge in [0.15, 0.2) is 0 Å².